The Bertz CT molecular complexity index is 575. The van der Waals surface area contributed by atoms with Crippen molar-refractivity contribution in [3.05, 3.63) is 54.6 Å². The average molecular weight is 247 g/mol. The van der Waals surface area contributed by atoms with Crippen LogP contribution >= 0.6 is 0 Å². The number of benzene rings is 1. The van der Waals surface area contributed by atoms with Gasteiger partial charge in [0, 0.05) is 12.5 Å². The summed E-state index contributed by atoms with van der Waals surface area (Å²) in [4.78, 5) is 0.376. The van der Waals surface area contributed by atoms with Crippen LogP contribution in [0, 0.1) is 5.92 Å². The number of hydrogen-bond donors (Lipinski definition) is 0. The van der Waals surface area contributed by atoms with E-state index in [2.05, 4.69) is 6.08 Å². The van der Waals surface area contributed by atoms with Crippen LogP contribution in [0.15, 0.2) is 59.5 Å². The molecule has 1 aromatic rings. The van der Waals surface area contributed by atoms with Gasteiger partial charge in [-0.2, -0.15) is 4.31 Å². The Morgan fingerprint density at radius 2 is 1.76 bits per heavy atom. The molecule has 0 saturated carbocycles. The molecule has 1 aliphatic carbocycles. The fourth-order valence-electron chi connectivity index (χ4n) is 2.30. The normalized spacial score (nSPS) is 27.5. The van der Waals surface area contributed by atoms with E-state index in [9.17, 15) is 8.42 Å². The van der Waals surface area contributed by atoms with Gasteiger partial charge in [0.15, 0.2) is 0 Å². The van der Waals surface area contributed by atoms with Gasteiger partial charge in [0.2, 0.25) is 10.0 Å². The molecule has 1 fully saturated rings. The number of sulfonamides is 1. The van der Waals surface area contributed by atoms with Gasteiger partial charge in [0.1, 0.15) is 0 Å². The second kappa shape index (κ2) is 3.82. The summed E-state index contributed by atoms with van der Waals surface area (Å²) in [6.07, 6.45) is 7.91. The van der Waals surface area contributed by atoms with Gasteiger partial charge in [0.25, 0.3) is 0 Å². The lowest BCUT2D eigenvalue weighted by Gasteiger charge is -2.45. The van der Waals surface area contributed by atoms with Crippen molar-refractivity contribution in [1.82, 2.24) is 4.31 Å². The van der Waals surface area contributed by atoms with Crippen molar-refractivity contribution in [3.8, 4) is 0 Å². The minimum Gasteiger partial charge on any atom is -0.207 e. The van der Waals surface area contributed by atoms with E-state index in [1.807, 2.05) is 24.3 Å². The summed E-state index contributed by atoms with van der Waals surface area (Å²) < 4.78 is 26.2. The topological polar surface area (TPSA) is 37.4 Å². The first-order chi connectivity index (χ1) is 8.19. The fourth-order valence-corrected chi connectivity index (χ4v) is 3.98. The molecule has 3 rings (SSSR count). The standard InChI is InChI=1S/C13H13NO2S/c15-17(16,12-7-2-1-3-8-12)14-10-11-6-4-5-9-13(11)14/h1-9,11,13H,10H2/t11?,13-/m0/s1. The van der Waals surface area contributed by atoms with Gasteiger partial charge in [-0.3, -0.25) is 0 Å². The highest BCUT2D eigenvalue weighted by Gasteiger charge is 2.44. The van der Waals surface area contributed by atoms with Gasteiger partial charge in [0.05, 0.1) is 10.9 Å². The van der Waals surface area contributed by atoms with Crippen molar-refractivity contribution in [2.45, 2.75) is 10.9 Å². The molecule has 17 heavy (non-hydrogen) atoms. The minimum atomic E-state index is -3.32. The van der Waals surface area contributed by atoms with Crippen molar-refractivity contribution in [1.29, 1.82) is 0 Å². The van der Waals surface area contributed by atoms with Gasteiger partial charge in [-0.05, 0) is 12.1 Å². The zero-order chi connectivity index (χ0) is 11.9. The molecular formula is C13H13NO2S. The molecule has 1 saturated heterocycles. The number of fused-ring (bicyclic) bond motifs is 1. The predicted molar refractivity (Wildman–Crippen MR) is 65.9 cm³/mol. The molecule has 4 heteroatoms. The Morgan fingerprint density at radius 3 is 2.47 bits per heavy atom. The van der Waals surface area contributed by atoms with Crippen molar-refractivity contribution in [2.24, 2.45) is 5.92 Å². The number of allylic oxidation sites excluding steroid dienone is 2. The lowest BCUT2D eigenvalue weighted by atomic mass is 9.88. The highest BCUT2D eigenvalue weighted by atomic mass is 32.2. The molecule has 88 valence electrons. The SMILES string of the molecule is O=S(=O)(c1ccccc1)N1CC2C=CC=C[C@@H]21. The molecule has 0 radical (unpaired) electrons. The smallest absolute Gasteiger partial charge is 0.207 e. The zero-order valence-corrected chi connectivity index (χ0v) is 10.0. The molecule has 0 bridgehead atoms. The van der Waals surface area contributed by atoms with Crippen molar-refractivity contribution in [2.75, 3.05) is 6.54 Å². The number of nitrogens with zero attached hydrogens (tertiary/aromatic N) is 1. The molecule has 0 N–H and O–H groups in total. The van der Waals surface area contributed by atoms with E-state index in [0.717, 1.165) is 0 Å². The third kappa shape index (κ3) is 1.64. The Kier molecular flexibility index (Phi) is 2.42. The largest absolute Gasteiger partial charge is 0.243 e. The molecule has 1 aliphatic heterocycles. The summed E-state index contributed by atoms with van der Waals surface area (Å²) in [5, 5.41) is 0. The van der Waals surface area contributed by atoms with Crippen LogP contribution in [0.4, 0.5) is 0 Å². The van der Waals surface area contributed by atoms with Crippen LogP contribution in [0.3, 0.4) is 0 Å². The summed E-state index contributed by atoms with van der Waals surface area (Å²) in [5.41, 5.74) is 0. The summed E-state index contributed by atoms with van der Waals surface area (Å²) in [5.74, 6) is 0.346. The van der Waals surface area contributed by atoms with Crippen LogP contribution in [0.1, 0.15) is 0 Å². The van der Waals surface area contributed by atoms with E-state index in [1.54, 1.807) is 28.6 Å². The molecule has 0 spiro atoms. The molecule has 1 heterocycles. The predicted octanol–water partition coefficient (Wildman–Crippen LogP) is 1.80. The molecule has 1 aromatic carbocycles. The Balaban J connectivity index is 1.91. The van der Waals surface area contributed by atoms with Gasteiger partial charge < -0.3 is 0 Å². The third-order valence-electron chi connectivity index (χ3n) is 3.29. The number of rotatable bonds is 2. The van der Waals surface area contributed by atoms with Crippen LogP contribution in [-0.2, 0) is 10.0 Å². The third-order valence-corrected chi connectivity index (χ3v) is 5.17. The van der Waals surface area contributed by atoms with Crippen LogP contribution in [0.5, 0.6) is 0 Å². The maximum atomic E-state index is 12.3. The second-order valence-electron chi connectivity index (χ2n) is 4.31. The molecule has 0 amide bonds. The fraction of sp³-hybridized carbons (Fsp3) is 0.231. The first-order valence-corrected chi connectivity index (χ1v) is 7.05. The van der Waals surface area contributed by atoms with Gasteiger partial charge in [-0.1, -0.05) is 42.5 Å². The van der Waals surface area contributed by atoms with Gasteiger partial charge >= 0.3 is 0 Å². The molecular weight excluding hydrogens is 234 g/mol. The maximum Gasteiger partial charge on any atom is 0.243 e. The Morgan fingerprint density at radius 1 is 1.06 bits per heavy atom. The van der Waals surface area contributed by atoms with Crippen LogP contribution in [0.25, 0.3) is 0 Å². The molecule has 0 aromatic heterocycles. The van der Waals surface area contributed by atoms with E-state index in [4.69, 9.17) is 0 Å². The molecule has 2 atom stereocenters. The summed E-state index contributed by atoms with van der Waals surface area (Å²) in [6.45, 7) is 0.586. The van der Waals surface area contributed by atoms with E-state index in [-0.39, 0.29) is 6.04 Å². The van der Waals surface area contributed by atoms with Gasteiger partial charge in [-0.25, -0.2) is 8.42 Å². The van der Waals surface area contributed by atoms with E-state index in [1.165, 1.54) is 0 Å². The highest BCUT2D eigenvalue weighted by Crippen LogP contribution is 2.34. The maximum absolute atomic E-state index is 12.3. The Labute approximate surface area is 101 Å². The van der Waals surface area contributed by atoms with Gasteiger partial charge in [-0.15, -0.1) is 0 Å². The molecule has 3 nitrogen and oxygen atoms in total. The van der Waals surface area contributed by atoms with Crippen LogP contribution in [-0.4, -0.2) is 25.3 Å². The summed E-state index contributed by atoms with van der Waals surface area (Å²) in [7, 11) is -3.32. The first-order valence-electron chi connectivity index (χ1n) is 5.61. The minimum absolute atomic E-state index is 0.00482. The zero-order valence-electron chi connectivity index (χ0n) is 9.23. The molecule has 2 aliphatic rings. The number of hydrogen-bond acceptors (Lipinski definition) is 2. The summed E-state index contributed by atoms with van der Waals surface area (Å²) >= 11 is 0. The first kappa shape index (κ1) is 10.7. The van der Waals surface area contributed by atoms with E-state index >= 15 is 0 Å². The van der Waals surface area contributed by atoms with Crippen molar-refractivity contribution >= 4 is 10.0 Å². The monoisotopic (exact) mass is 247 g/mol. The highest BCUT2D eigenvalue weighted by molar-refractivity contribution is 7.89. The summed E-state index contributed by atoms with van der Waals surface area (Å²) in [6, 6.07) is 8.61. The Hall–Kier alpha value is -1.39. The average Bonchev–Trinajstić information content (AvgIpc) is 2.32. The van der Waals surface area contributed by atoms with Crippen LogP contribution < -0.4 is 0 Å². The lowest BCUT2D eigenvalue weighted by molar-refractivity contribution is 0.176. The van der Waals surface area contributed by atoms with Crippen LogP contribution in [0.2, 0.25) is 0 Å². The van der Waals surface area contributed by atoms with Crippen molar-refractivity contribution in [3.63, 3.8) is 0 Å². The van der Waals surface area contributed by atoms with E-state index in [0.29, 0.717) is 17.4 Å². The van der Waals surface area contributed by atoms with E-state index < -0.39 is 10.0 Å². The van der Waals surface area contributed by atoms with Crippen molar-refractivity contribution < 1.29 is 8.42 Å². The second-order valence-corrected chi connectivity index (χ2v) is 6.20. The quantitative estimate of drug-likeness (QED) is 0.799. The molecule has 1 unspecified atom stereocenters. The lowest BCUT2D eigenvalue weighted by Crippen LogP contribution is -2.57.